The maximum absolute atomic E-state index is 13.1. The van der Waals surface area contributed by atoms with Crippen LogP contribution in [0.5, 0.6) is 5.75 Å². The molecule has 0 aliphatic rings. The third kappa shape index (κ3) is 4.54. The van der Waals surface area contributed by atoms with E-state index in [1.807, 2.05) is 0 Å². The lowest BCUT2D eigenvalue weighted by Crippen LogP contribution is -2.30. The van der Waals surface area contributed by atoms with Crippen LogP contribution in [0.4, 0.5) is 4.39 Å². The maximum atomic E-state index is 13.1. The minimum Gasteiger partial charge on any atom is -0.497 e. The average molecular weight is 317 g/mol. The van der Waals surface area contributed by atoms with Crippen molar-refractivity contribution < 1.29 is 23.8 Å². The minimum atomic E-state index is -1.21. The van der Waals surface area contributed by atoms with Crippen molar-refractivity contribution in [2.75, 3.05) is 7.11 Å². The van der Waals surface area contributed by atoms with E-state index in [2.05, 4.69) is 5.32 Å². The van der Waals surface area contributed by atoms with Gasteiger partial charge >= 0.3 is 5.97 Å². The SMILES string of the molecule is COc1ccc(C(NC(=O)CC(=O)O)c2ccc(F)cc2)cc1. The van der Waals surface area contributed by atoms with Crippen molar-refractivity contribution in [1.82, 2.24) is 5.32 Å². The number of ether oxygens (including phenoxy) is 1. The number of carbonyl (C=O) groups is 2. The Bertz CT molecular complexity index is 683. The fourth-order valence-corrected chi connectivity index (χ4v) is 2.16. The van der Waals surface area contributed by atoms with Crippen LogP contribution in [0.15, 0.2) is 48.5 Å². The molecule has 0 fully saturated rings. The predicted molar refractivity (Wildman–Crippen MR) is 81.6 cm³/mol. The molecule has 0 heterocycles. The van der Waals surface area contributed by atoms with E-state index >= 15 is 0 Å². The Morgan fingerprint density at radius 2 is 1.61 bits per heavy atom. The van der Waals surface area contributed by atoms with Gasteiger partial charge in [0.2, 0.25) is 5.91 Å². The number of carboxylic acid groups (broad SMARTS) is 1. The highest BCUT2D eigenvalue weighted by atomic mass is 19.1. The molecule has 0 bridgehead atoms. The lowest BCUT2D eigenvalue weighted by Gasteiger charge is -2.20. The van der Waals surface area contributed by atoms with Crippen molar-refractivity contribution in [3.05, 3.63) is 65.5 Å². The number of amides is 1. The van der Waals surface area contributed by atoms with Gasteiger partial charge in [-0.15, -0.1) is 0 Å². The normalized spacial score (nSPS) is 11.6. The number of rotatable bonds is 6. The first-order chi connectivity index (χ1) is 11.0. The van der Waals surface area contributed by atoms with Crippen LogP contribution >= 0.6 is 0 Å². The van der Waals surface area contributed by atoms with Crippen molar-refractivity contribution in [3.8, 4) is 5.75 Å². The molecule has 23 heavy (non-hydrogen) atoms. The summed E-state index contributed by atoms with van der Waals surface area (Å²) in [5.74, 6) is -1.57. The molecule has 0 aliphatic heterocycles. The summed E-state index contributed by atoms with van der Waals surface area (Å²) < 4.78 is 18.2. The van der Waals surface area contributed by atoms with Gasteiger partial charge in [-0.25, -0.2) is 4.39 Å². The van der Waals surface area contributed by atoms with Gasteiger partial charge in [0.25, 0.3) is 0 Å². The third-order valence-electron chi connectivity index (χ3n) is 3.27. The molecular weight excluding hydrogens is 301 g/mol. The lowest BCUT2D eigenvalue weighted by molar-refractivity contribution is -0.140. The summed E-state index contributed by atoms with van der Waals surface area (Å²) >= 11 is 0. The van der Waals surface area contributed by atoms with Gasteiger partial charge in [-0.05, 0) is 35.4 Å². The Morgan fingerprint density at radius 1 is 1.09 bits per heavy atom. The molecule has 1 atom stereocenters. The number of methoxy groups -OCH3 is 1. The van der Waals surface area contributed by atoms with Gasteiger partial charge in [-0.2, -0.15) is 0 Å². The van der Waals surface area contributed by atoms with E-state index in [1.165, 1.54) is 12.1 Å². The van der Waals surface area contributed by atoms with Crippen LogP contribution in [-0.4, -0.2) is 24.1 Å². The molecule has 0 saturated carbocycles. The first kappa shape index (κ1) is 16.5. The molecule has 0 aliphatic carbocycles. The Balaban J connectivity index is 2.31. The molecule has 2 N–H and O–H groups in total. The average Bonchev–Trinajstić information content (AvgIpc) is 2.53. The summed E-state index contributed by atoms with van der Waals surface area (Å²) in [6, 6.07) is 12.1. The van der Waals surface area contributed by atoms with Crippen molar-refractivity contribution >= 4 is 11.9 Å². The van der Waals surface area contributed by atoms with Crippen molar-refractivity contribution in [2.24, 2.45) is 0 Å². The second kappa shape index (κ2) is 7.40. The Hall–Kier alpha value is -2.89. The molecule has 6 heteroatoms. The van der Waals surface area contributed by atoms with Crippen molar-refractivity contribution in [3.63, 3.8) is 0 Å². The van der Waals surface area contributed by atoms with Gasteiger partial charge in [-0.3, -0.25) is 9.59 Å². The van der Waals surface area contributed by atoms with Gasteiger partial charge < -0.3 is 15.2 Å². The number of aliphatic carboxylic acids is 1. The van der Waals surface area contributed by atoms with E-state index in [9.17, 15) is 14.0 Å². The zero-order chi connectivity index (χ0) is 16.8. The Kier molecular flexibility index (Phi) is 5.30. The van der Waals surface area contributed by atoms with Crippen molar-refractivity contribution in [2.45, 2.75) is 12.5 Å². The highest BCUT2D eigenvalue weighted by molar-refractivity contribution is 5.93. The quantitative estimate of drug-likeness (QED) is 0.803. The molecule has 1 unspecified atom stereocenters. The number of halogens is 1. The molecule has 0 radical (unpaired) electrons. The topological polar surface area (TPSA) is 75.6 Å². The van der Waals surface area contributed by atoms with Crippen molar-refractivity contribution in [1.29, 1.82) is 0 Å². The number of hydrogen-bond donors (Lipinski definition) is 2. The summed E-state index contributed by atoms with van der Waals surface area (Å²) in [7, 11) is 1.54. The lowest BCUT2D eigenvalue weighted by atomic mass is 9.98. The van der Waals surface area contributed by atoms with E-state index in [0.717, 1.165) is 5.56 Å². The smallest absolute Gasteiger partial charge is 0.312 e. The van der Waals surface area contributed by atoms with Crippen LogP contribution in [0.2, 0.25) is 0 Å². The summed E-state index contributed by atoms with van der Waals surface area (Å²) in [6.45, 7) is 0. The van der Waals surface area contributed by atoms with Crippen LogP contribution in [-0.2, 0) is 9.59 Å². The Labute approximate surface area is 132 Å². The molecule has 0 aromatic heterocycles. The van der Waals surface area contributed by atoms with E-state index in [1.54, 1.807) is 43.5 Å². The Morgan fingerprint density at radius 3 is 2.09 bits per heavy atom. The van der Waals surface area contributed by atoms with Crippen LogP contribution in [0.3, 0.4) is 0 Å². The van der Waals surface area contributed by atoms with Crippen LogP contribution in [0.1, 0.15) is 23.6 Å². The molecule has 2 aromatic rings. The zero-order valence-corrected chi connectivity index (χ0v) is 12.5. The van der Waals surface area contributed by atoms with Gasteiger partial charge in [0.05, 0.1) is 13.2 Å². The summed E-state index contributed by atoms with van der Waals surface area (Å²) in [5, 5.41) is 11.4. The predicted octanol–water partition coefficient (Wildman–Crippen LogP) is 2.51. The monoisotopic (exact) mass is 317 g/mol. The summed E-state index contributed by atoms with van der Waals surface area (Å²) in [6.07, 6.45) is -0.631. The van der Waals surface area contributed by atoms with Crippen LogP contribution < -0.4 is 10.1 Å². The second-order valence-corrected chi connectivity index (χ2v) is 4.90. The fraction of sp³-hybridized carbons (Fsp3) is 0.176. The highest BCUT2D eigenvalue weighted by Crippen LogP contribution is 2.24. The fourth-order valence-electron chi connectivity index (χ4n) is 2.16. The maximum Gasteiger partial charge on any atom is 0.312 e. The molecule has 0 saturated heterocycles. The summed E-state index contributed by atoms with van der Waals surface area (Å²) in [5.41, 5.74) is 1.38. The van der Waals surface area contributed by atoms with Crippen LogP contribution in [0, 0.1) is 5.82 Å². The molecular formula is C17H16FNO4. The van der Waals surface area contributed by atoms with Gasteiger partial charge in [0.15, 0.2) is 0 Å². The zero-order valence-electron chi connectivity index (χ0n) is 12.5. The molecule has 2 rings (SSSR count). The highest BCUT2D eigenvalue weighted by Gasteiger charge is 2.18. The number of benzene rings is 2. The van der Waals surface area contributed by atoms with E-state index in [-0.39, 0.29) is 5.82 Å². The van der Waals surface area contributed by atoms with E-state index < -0.39 is 24.3 Å². The summed E-state index contributed by atoms with van der Waals surface area (Å²) in [4.78, 5) is 22.5. The standard InChI is InChI=1S/C17H16FNO4/c1-23-14-8-4-12(5-9-14)17(19-15(20)10-16(21)22)11-2-6-13(18)7-3-11/h2-9,17H,10H2,1H3,(H,19,20)(H,21,22). The minimum absolute atomic E-state index is 0.390. The second-order valence-electron chi connectivity index (χ2n) is 4.90. The number of carbonyl (C=O) groups excluding carboxylic acids is 1. The number of hydrogen-bond acceptors (Lipinski definition) is 3. The van der Waals surface area contributed by atoms with Crippen LogP contribution in [0.25, 0.3) is 0 Å². The van der Waals surface area contributed by atoms with Gasteiger partial charge in [-0.1, -0.05) is 24.3 Å². The molecule has 2 aromatic carbocycles. The van der Waals surface area contributed by atoms with E-state index in [0.29, 0.717) is 11.3 Å². The third-order valence-corrected chi connectivity index (χ3v) is 3.27. The molecule has 120 valence electrons. The molecule has 1 amide bonds. The van der Waals surface area contributed by atoms with E-state index in [4.69, 9.17) is 9.84 Å². The molecule has 5 nitrogen and oxygen atoms in total. The first-order valence-corrected chi connectivity index (χ1v) is 6.90. The number of nitrogens with one attached hydrogen (secondary N) is 1. The van der Waals surface area contributed by atoms with Gasteiger partial charge in [0, 0.05) is 0 Å². The first-order valence-electron chi connectivity index (χ1n) is 6.90. The molecule has 0 spiro atoms. The largest absolute Gasteiger partial charge is 0.497 e. The number of carboxylic acids is 1. The van der Waals surface area contributed by atoms with Gasteiger partial charge in [0.1, 0.15) is 18.0 Å².